The lowest BCUT2D eigenvalue weighted by Gasteiger charge is -2.14. The maximum absolute atomic E-state index is 12.0. The fourth-order valence-corrected chi connectivity index (χ4v) is 2.41. The molecule has 0 aliphatic carbocycles. The van der Waals surface area contributed by atoms with E-state index in [1.807, 2.05) is 6.92 Å². The van der Waals surface area contributed by atoms with Crippen LogP contribution in [-0.2, 0) is 9.53 Å². The Morgan fingerprint density at radius 3 is 2.55 bits per heavy atom. The van der Waals surface area contributed by atoms with Gasteiger partial charge in [0, 0.05) is 17.8 Å². The SMILES string of the molecule is Cc1ccc(NC(=O)OCF)cc1NC(=O)CC(CS)CS. The van der Waals surface area contributed by atoms with Gasteiger partial charge in [-0.1, -0.05) is 6.07 Å². The molecule has 1 aromatic carbocycles. The molecule has 0 saturated heterocycles. The van der Waals surface area contributed by atoms with Crippen molar-refractivity contribution in [1.29, 1.82) is 0 Å². The lowest BCUT2D eigenvalue weighted by molar-refractivity contribution is -0.116. The number of carbonyl (C=O) groups is 2. The second-order valence-corrected chi connectivity index (χ2v) is 5.41. The lowest BCUT2D eigenvalue weighted by Crippen LogP contribution is -2.19. The van der Waals surface area contributed by atoms with Crippen LogP contribution in [0.15, 0.2) is 18.2 Å². The molecule has 0 fully saturated rings. The number of hydrogen-bond acceptors (Lipinski definition) is 5. The number of amides is 2. The number of carbonyl (C=O) groups excluding carboxylic acids is 2. The van der Waals surface area contributed by atoms with Gasteiger partial charge in [-0.25, -0.2) is 9.18 Å². The number of hydrogen-bond donors (Lipinski definition) is 4. The summed E-state index contributed by atoms with van der Waals surface area (Å²) < 4.78 is 16.1. The van der Waals surface area contributed by atoms with Crippen molar-refractivity contribution in [3.63, 3.8) is 0 Å². The summed E-state index contributed by atoms with van der Waals surface area (Å²) in [7, 11) is 0. The Morgan fingerprint density at radius 1 is 1.27 bits per heavy atom. The minimum Gasteiger partial charge on any atom is -0.417 e. The van der Waals surface area contributed by atoms with Gasteiger partial charge in [0.25, 0.3) is 0 Å². The molecule has 0 aliphatic heterocycles. The van der Waals surface area contributed by atoms with Gasteiger partial charge >= 0.3 is 6.09 Å². The van der Waals surface area contributed by atoms with Crippen LogP contribution < -0.4 is 10.6 Å². The highest BCUT2D eigenvalue weighted by atomic mass is 32.1. The molecular weight excluding hydrogens is 327 g/mol. The second kappa shape index (κ2) is 9.58. The van der Waals surface area contributed by atoms with Crippen molar-refractivity contribution >= 4 is 48.6 Å². The topological polar surface area (TPSA) is 67.4 Å². The number of nitrogens with one attached hydrogen (secondary N) is 2. The molecule has 0 radical (unpaired) electrons. The van der Waals surface area contributed by atoms with Crippen LogP contribution in [0.3, 0.4) is 0 Å². The van der Waals surface area contributed by atoms with Gasteiger partial charge in [-0.15, -0.1) is 0 Å². The van der Waals surface area contributed by atoms with E-state index in [0.717, 1.165) is 5.56 Å². The summed E-state index contributed by atoms with van der Waals surface area (Å²) in [5, 5.41) is 5.15. The van der Waals surface area contributed by atoms with Gasteiger partial charge in [-0.3, -0.25) is 10.1 Å². The summed E-state index contributed by atoms with van der Waals surface area (Å²) in [6.45, 7) is 0.629. The zero-order valence-corrected chi connectivity index (χ0v) is 13.9. The van der Waals surface area contributed by atoms with Crippen molar-refractivity contribution in [2.75, 3.05) is 29.0 Å². The summed E-state index contributed by atoms with van der Waals surface area (Å²) >= 11 is 8.34. The van der Waals surface area contributed by atoms with Crippen LogP contribution in [0.5, 0.6) is 0 Å². The van der Waals surface area contributed by atoms with E-state index in [-0.39, 0.29) is 11.8 Å². The van der Waals surface area contributed by atoms with Crippen LogP contribution >= 0.6 is 25.3 Å². The molecule has 0 heterocycles. The lowest BCUT2D eigenvalue weighted by atomic mass is 10.1. The van der Waals surface area contributed by atoms with Gasteiger partial charge in [0.2, 0.25) is 12.8 Å². The van der Waals surface area contributed by atoms with Crippen molar-refractivity contribution in [2.24, 2.45) is 5.92 Å². The Kier molecular flexibility index (Phi) is 8.11. The Hall–Kier alpha value is -1.41. The maximum atomic E-state index is 12.0. The summed E-state index contributed by atoms with van der Waals surface area (Å²) in [5.74, 6) is 1.09. The first-order valence-electron chi connectivity index (χ1n) is 6.62. The number of benzene rings is 1. The van der Waals surface area contributed by atoms with Gasteiger partial charge in [0.05, 0.1) is 0 Å². The van der Waals surface area contributed by atoms with E-state index < -0.39 is 13.0 Å². The number of rotatable bonds is 7. The molecular formula is C14H19FN2O3S2. The Balaban J connectivity index is 2.73. The predicted molar refractivity (Wildman–Crippen MR) is 91.7 cm³/mol. The van der Waals surface area contributed by atoms with Crippen molar-refractivity contribution in [1.82, 2.24) is 0 Å². The van der Waals surface area contributed by atoms with E-state index in [9.17, 15) is 14.0 Å². The van der Waals surface area contributed by atoms with E-state index in [0.29, 0.717) is 29.3 Å². The molecule has 122 valence electrons. The van der Waals surface area contributed by atoms with Crippen LogP contribution in [0.4, 0.5) is 20.6 Å². The zero-order chi connectivity index (χ0) is 16.5. The Bertz CT molecular complexity index is 525. The van der Waals surface area contributed by atoms with E-state index in [1.165, 1.54) is 0 Å². The van der Waals surface area contributed by atoms with Gasteiger partial charge in [-0.2, -0.15) is 25.3 Å². The summed E-state index contributed by atoms with van der Waals surface area (Å²) in [4.78, 5) is 23.2. The molecule has 0 aliphatic rings. The second-order valence-electron chi connectivity index (χ2n) is 4.68. The third kappa shape index (κ3) is 6.15. The van der Waals surface area contributed by atoms with Crippen molar-refractivity contribution in [2.45, 2.75) is 13.3 Å². The first-order chi connectivity index (χ1) is 10.5. The molecule has 2 amide bonds. The molecule has 0 saturated carbocycles. The molecule has 1 rings (SSSR count). The molecule has 1 aromatic rings. The first-order valence-corrected chi connectivity index (χ1v) is 7.88. The van der Waals surface area contributed by atoms with Crippen molar-refractivity contribution < 1.29 is 18.7 Å². The van der Waals surface area contributed by atoms with Crippen LogP contribution in [0.2, 0.25) is 0 Å². The summed E-state index contributed by atoms with van der Waals surface area (Å²) in [6.07, 6.45) is -0.581. The molecule has 0 bridgehead atoms. The van der Waals surface area contributed by atoms with E-state index in [2.05, 4.69) is 40.6 Å². The van der Waals surface area contributed by atoms with E-state index >= 15 is 0 Å². The normalized spacial score (nSPS) is 10.4. The molecule has 0 unspecified atom stereocenters. The fraction of sp³-hybridized carbons (Fsp3) is 0.429. The van der Waals surface area contributed by atoms with Gasteiger partial charge in [0.1, 0.15) is 0 Å². The average molecular weight is 346 g/mol. The van der Waals surface area contributed by atoms with Crippen LogP contribution in [0.25, 0.3) is 0 Å². The molecule has 8 heteroatoms. The quantitative estimate of drug-likeness (QED) is 0.573. The summed E-state index contributed by atoms with van der Waals surface area (Å²) in [5.41, 5.74) is 1.81. The largest absolute Gasteiger partial charge is 0.417 e. The minimum absolute atomic E-state index is 0.0906. The van der Waals surface area contributed by atoms with Crippen LogP contribution in [-0.4, -0.2) is 30.4 Å². The molecule has 22 heavy (non-hydrogen) atoms. The molecule has 0 spiro atoms. The maximum Gasteiger partial charge on any atom is 0.413 e. The smallest absolute Gasteiger partial charge is 0.413 e. The standard InChI is InChI=1S/C14H19FN2O3S2/c1-9-2-3-11(16-14(19)20-8-15)5-12(9)17-13(18)4-10(6-21)7-22/h2-3,5,10,21-22H,4,6-8H2,1H3,(H,16,19)(H,17,18). The summed E-state index contributed by atoms with van der Waals surface area (Å²) in [6, 6.07) is 4.95. The zero-order valence-electron chi connectivity index (χ0n) is 12.1. The number of aryl methyl sites for hydroxylation is 1. The number of halogens is 1. The molecule has 0 atom stereocenters. The fourth-order valence-electron chi connectivity index (χ4n) is 1.69. The number of ether oxygens (including phenoxy) is 1. The Morgan fingerprint density at radius 2 is 1.95 bits per heavy atom. The van der Waals surface area contributed by atoms with Gasteiger partial charge < -0.3 is 10.1 Å². The Labute approximate surface area is 139 Å². The first kappa shape index (κ1) is 18.6. The molecule has 0 aromatic heterocycles. The third-order valence-electron chi connectivity index (χ3n) is 2.93. The highest BCUT2D eigenvalue weighted by Crippen LogP contribution is 2.21. The highest BCUT2D eigenvalue weighted by Gasteiger charge is 2.13. The van der Waals surface area contributed by atoms with E-state index in [4.69, 9.17) is 0 Å². The molecule has 5 nitrogen and oxygen atoms in total. The van der Waals surface area contributed by atoms with Crippen LogP contribution in [0, 0.1) is 12.8 Å². The number of anilines is 2. The average Bonchev–Trinajstić information content (AvgIpc) is 2.48. The van der Waals surface area contributed by atoms with Crippen molar-refractivity contribution in [3.8, 4) is 0 Å². The number of alkyl halides is 1. The minimum atomic E-state index is -1.20. The predicted octanol–water partition coefficient (Wildman–Crippen LogP) is 3.27. The number of thiol groups is 2. The van der Waals surface area contributed by atoms with E-state index in [1.54, 1.807) is 18.2 Å². The molecule has 2 N–H and O–H groups in total. The van der Waals surface area contributed by atoms with Gasteiger partial charge in [0.15, 0.2) is 0 Å². The third-order valence-corrected chi connectivity index (χ3v) is 3.97. The van der Waals surface area contributed by atoms with Crippen molar-refractivity contribution in [3.05, 3.63) is 23.8 Å². The monoisotopic (exact) mass is 346 g/mol. The van der Waals surface area contributed by atoms with Gasteiger partial charge in [-0.05, 0) is 42.0 Å². The van der Waals surface area contributed by atoms with Crippen LogP contribution in [0.1, 0.15) is 12.0 Å². The highest BCUT2D eigenvalue weighted by molar-refractivity contribution is 7.81.